The Morgan fingerprint density at radius 2 is 1.94 bits per heavy atom. The molecule has 1 amide bonds. The number of rotatable bonds is 8. The zero-order valence-electron chi connectivity index (χ0n) is 17.6. The van der Waals surface area contributed by atoms with Gasteiger partial charge in [0.15, 0.2) is 6.61 Å². The van der Waals surface area contributed by atoms with Crippen molar-refractivity contribution in [2.75, 3.05) is 43.5 Å². The second kappa shape index (κ2) is 10.0. The molecule has 2 fully saturated rings. The van der Waals surface area contributed by atoms with E-state index in [0.717, 1.165) is 12.8 Å². The van der Waals surface area contributed by atoms with Gasteiger partial charge < -0.3 is 20.1 Å². The molecule has 2 heterocycles. The van der Waals surface area contributed by atoms with Crippen molar-refractivity contribution < 1.29 is 27.5 Å². The number of morpholine rings is 1. The molecule has 4 rings (SSSR count). The van der Waals surface area contributed by atoms with E-state index in [1.54, 1.807) is 12.1 Å². The van der Waals surface area contributed by atoms with Crippen LogP contribution in [0.15, 0.2) is 41.4 Å². The van der Waals surface area contributed by atoms with Crippen molar-refractivity contribution in [3.8, 4) is 0 Å². The van der Waals surface area contributed by atoms with E-state index in [4.69, 9.17) is 21.1 Å². The lowest BCUT2D eigenvalue weighted by atomic mass is 10.3. The van der Waals surface area contributed by atoms with Crippen LogP contribution in [0.1, 0.15) is 23.2 Å². The topological polar surface area (TPSA) is 127 Å². The van der Waals surface area contributed by atoms with Crippen LogP contribution >= 0.6 is 11.6 Å². The fraction of sp³-hybridized carbons (Fsp3) is 0.381. The number of nitrogens with zero attached hydrogens (tertiary/aromatic N) is 2. The minimum atomic E-state index is -3.76. The Labute approximate surface area is 196 Å². The number of amides is 1. The average molecular weight is 495 g/mol. The van der Waals surface area contributed by atoms with Crippen LogP contribution in [-0.4, -0.2) is 68.5 Å². The zero-order valence-corrected chi connectivity index (χ0v) is 19.2. The zero-order chi connectivity index (χ0) is 23.4. The maximum absolute atomic E-state index is 12.8. The summed E-state index contributed by atoms with van der Waals surface area (Å²) >= 11 is 6.12. The van der Waals surface area contributed by atoms with Gasteiger partial charge in [-0.1, -0.05) is 11.6 Å². The maximum Gasteiger partial charge on any atom is 0.340 e. The summed E-state index contributed by atoms with van der Waals surface area (Å²) in [5, 5.41) is 5.85. The highest BCUT2D eigenvalue weighted by atomic mass is 35.5. The van der Waals surface area contributed by atoms with Gasteiger partial charge in [0.25, 0.3) is 5.91 Å². The van der Waals surface area contributed by atoms with Gasteiger partial charge in [0.1, 0.15) is 5.82 Å². The van der Waals surface area contributed by atoms with Gasteiger partial charge in [0, 0.05) is 25.3 Å². The van der Waals surface area contributed by atoms with E-state index >= 15 is 0 Å². The smallest absolute Gasteiger partial charge is 0.340 e. The van der Waals surface area contributed by atoms with Gasteiger partial charge in [0.2, 0.25) is 10.0 Å². The Balaban J connectivity index is 1.34. The number of anilines is 2. The second-order valence-corrected chi connectivity index (χ2v) is 9.98. The molecule has 2 aromatic rings. The summed E-state index contributed by atoms with van der Waals surface area (Å²) in [5.41, 5.74) is 0.310. The molecule has 0 radical (unpaired) electrons. The lowest BCUT2D eigenvalue weighted by molar-refractivity contribution is -0.119. The van der Waals surface area contributed by atoms with E-state index in [0.29, 0.717) is 25.1 Å². The molecule has 12 heteroatoms. The molecule has 2 N–H and O–H groups in total. The third kappa shape index (κ3) is 5.99. The molecule has 10 nitrogen and oxygen atoms in total. The molecule has 176 valence electrons. The van der Waals surface area contributed by atoms with Crippen molar-refractivity contribution in [2.24, 2.45) is 0 Å². The van der Waals surface area contributed by atoms with Gasteiger partial charge in [-0.05, 0) is 43.2 Å². The molecule has 0 atom stereocenters. The van der Waals surface area contributed by atoms with Gasteiger partial charge in [-0.25, -0.2) is 18.2 Å². The van der Waals surface area contributed by atoms with E-state index in [1.165, 1.54) is 28.7 Å². The molecular weight excluding hydrogens is 472 g/mol. The Kier molecular flexibility index (Phi) is 7.13. The molecule has 1 aliphatic heterocycles. The van der Waals surface area contributed by atoms with E-state index in [2.05, 4.69) is 15.6 Å². The SMILES string of the molecule is O=C(COC(=O)c1ccc(NC2CC2)nc1)Nc1cc(S(=O)(=O)N2CCOCC2)ccc1Cl. The number of ether oxygens (including phenoxy) is 2. The monoisotopic (exact) mass is 494 g/mol. The van der Waals surface area contributed by atoms with Crippen molar-refractivity contribution in [2.45, 2.75) is 23.8 Å². The molecule has 0 spiro atoms. The predicted octanol–water partition coefficient (Wildman–Crippen LogP) is 2.13. The van der Waals surface area contributed by atoms with Crippen molar-refractivity contribution in [1.29, 1.82) is 0 Å². The molecule has 1 aromatic heterocycles. The van der Waals surface area contributed by atoms with Crippen molar-refractivity contribution in [3.63, 3.8) is 0 Å². The van der Waals surface area contributed by atoms with Crippen LogP contribution in [0.3, 0.4) is 0 Å². The standard InChI is InChI=1S/C21H23ClN4O6S/c22-17-5-4-16(33(29,30)26-7-9-31-10-8-26)11-18(17)25-20(27)13-32-21(28)14-1-6-19(23-12-14)24-15-2-3-15/h1,4-6,11-12,15H,2-3,7-10,13H2,(H,23,24)(H,25,27). The van der Waals surface area contributed by atoms with Gasteiger partial charge in [-0.2, -0.15) is 4.31 Å². The normalized spacial score (nSPS) is 16.8. The van der Waals surface area contributed by atoms with Gasteiger partial charge >= 0.3 is 5.97 Å². The van der Waals surface area contributed by atoms with E-state index in [9.17, 15) is 18.0 Å². The molecule has 1 saturated heterocycles. The quantitative estimate of drug-likeness (QED) is 0.534. The van der Waals surface area contributed by atoms with Crippen molar-refractivity contribution in [1.82, 2.24) is 9.29 Å². The maximum atomic E-state index is 12.8. The molecular formula is C21H23ClN4O6S. The summed E-state index contributed by atoms with van der Waals surface area (Å²) in [7, 11) is -3.76. The minimum Gasteiger partial charge on any atom is -0.452 e. The third-order valence-corrected chi connectivity index (χ3v) is 7.31. The van der Waals surface area contributed by atoms with Gasteiger partial charge in [-0.3, -0.25) is 4.79 Å². The number of hydrogen-bond donors (Lipinski definition) is 2. The first-order chi connectivity index (χ1) is 15.8. The van der Waals surface area contributed by atoms with E-state index in [1.807, 2.05) is 0 Å². The fourth-order valence-electron chi connectivity index (χ4n) is 3.13. The number of carbonyl (C=O) groups excluding carboxylic acids is 2. The molecule has 0 bridgehead atoms. The molecule has 33 heavy (non-hydrogen) atoms. The summed E-state index contributed by atoms with van der Waals surface area (Å²) in [5.74, 6) is -0.690. The highest BCUT2D eigenvalue weighted by Gasteiger charge is 2.27. The number of pyridine rings is 1. The van der Waals surface area contributed by atoms with Gasteiger partial charge in [-0.15, -0.1) is 0 Å². The Hall–Kier alpha value is -2.73. The molecule has 1 aromatic carbocycles. The van der Waals surface area contributed by atoms with Crippen LogP contribution in [0, 0.1) is 0 Å². The number of aromatic nitrogens is 1. The van der Waals surface area contributed by atoms with Crippen LogP contribution in [0.25, 0.3) is 0 Å². The Morgan fingerprint density at radius 3 is 2.61 bits per heavy atom. The summed E-state index contributed by atoms with van der Waals surface area (Å²) < 4.78 is 37.2. The van der Waals surface area contributed by atoms with Crippen LogP contribution in [0.4, 0.5) is 11.5 Å². The lowest BCUT2D eigenvalue weighted by Crippen LogP contribution is -2.40. The van der Waals surface area contributed by atoms with Gasteiger partial charge in [0.05, 0.1) is 34.4 Å². The number of carbonyl (C=O) groups is 2. The highest BCUT2D eigenvalue weighted by molar-refractivity contribution is 7.89. The second-order valence-electron chi connectivity index (χ2n) is 7.63. The number of benzene rings is 1. The Morgan fingerprint density at radius 1 is 1.18 bits per heavy atom. The molecule has 1 aliphatic carbocycles. The number of hydrogen-bond acceptors (Lipinski definition) is 8. The average Bonchev–Trinajstić information content (AvgIpc) is 3.64. The first kappa shape index (κ1) is 23.4. The first-order valence-corrected chi connectivity index (χ1v) is 12.2. The lowest BCUT2D eigenvalue weighted by Gasteiger charge is -2.26. The van der Waals surface area contributed by atoms with E-state index < -0.39 is 28.5 Å². The van der Waals surface area contributed by atoms with Crippen LogP contribution in [0.2, 0.25) is 5.02 Å². The van der Waals surface area contributed by atoms with Crippen LogP contribution < -0.4 is 10.6 Å². The number of sulfonamides is 1. The third-order valence-electron chi connectivity index (χ3n) is 5.08. The molecule has 2 aliphatic rings. The minimum absolute atomic E-state index is 0.00735. The summed E-state index contributed by atoms with van der Waals surface area (Å²) in [6.45, 7) is 0.552. The summed E-state index contributed by atoms with van der Waals surface area (Å²) in [6.07, 6.45) is 3.58. The summed E-state index contributed by atoms with van der Waals surface area (Å²) in [6, 6.07) is 7.72. The van der Waals surface area contributed by atoms with Crippen molar-refractivity contribution in [3.05, 3.63) is 47.1 Å². The number of nitrogens with one attached hydrogen (secondary N) is 2. The van der Waals surface area contributed by atoms with Crippen LogP contribution in [0.5, 0.6) is 0 Å². The fourth-order valence-corrected chi connectivity index (χ4v) is 4.73. The molecule has 0 unspecified atom stereocenters. The summed E-state index contributed by atoms with van der Waals surface area (Å²) in [4.78, 5) is 28.6. The first-order valence-electron chi connectivity index (χ1n) is 10.4. The number of esters is 1. The van der Waals surface area contributed by atoms with E-state index in [-0.39, 0.29) is 34.3 Å². The molecule has 1 saturated carbocycles. The van der Waals surface area contributed by atoms with Crippen LogP contribution in [-0.2, 0) is 24.3 Å². The highest BCUT2D eigenvalue weighted by Crippen LogP contribution is 2.27. The number of halogens is 1. The Bertz CT molecular complexity index is 1130. The predicted molar refractivity (Wildman–Crippen MR) is 121 cm³/mol. The largest absolute Gasteiger partial charge is 0.452 e. The van der Waals surface area contributed by atoms with Crippen molar-refractivity contribution >= 4 is 45.0 Å².